The summed E-state index contributed by atoms with van der Waals surface area (Å²) in [6, 6.07) is 12.1. The Balaban J connectivity index is 1.80. The van der Waals surface area contributed by atoms with Crippen LogP contribution in [0, 0.1) is 0 Å². The van der Waals surface area contributed by atoms with Crippen LogP contribution in [0.2, 0.25) is 0 Å². The van der Waals surface area contributed by atoms with E-state index in [4.69, 9.17) is 4.42 Å². The van der Waals surface area contributed by atoms with Crippen molar-refractivity contribution in [3.05, 3.63) is 54.0 Å². The van der Waals surface area contributed by atoms with Crippen molar-refractivity contribution >= 4 is 23.4 Å². The summed E-state index contributed by atoms with van der Waals surface area (Å²) >= 11 is 1.67. The van der Waals surface area contributed by atoms with Crippen molar-refractivity contribution in [2.24, 2.45) is 0 Å². The topological polar surface area (TPSA) is 36.7 Å². The number of anilines is 1. The maximum Gasteiger partial charge on any atom is 0.234 e. The molecule has 0 bridgehead atoms. The molecule has 0 saturated carbocycles. The van der Waals surface area contributed by atoms with Gasteiger partial charge in [0.2, 0.25) is 5.91 Å². The van der Waals surface area contributed by atoms with E-state index in [0.717, 1.165) is 17.0 Å². The molecule has 0 aliphatic carbocycles. The molecular weight excluding hydrogens is 284 g/mol. The van der Waals surface area contributed by atoms with Crippen LogP contribution < -0.4 is 4.90 Å². The molecular formula is C16H18N2O2S. The molecule has 4 nitrogen and oxygen atoms in total. The van der Waals surface area contributed by atoms with Crippen molar-refractivity contribution in [2.45, 2.75) is 11.9 Å². The fourth-order valence-corrected chi connectivity index (χ4v) is 3.60. The second kappa shape index (κ2) is 5.85. The highest BCUT2D eigenvalue weighted by Crippen LogP contribution is 2.39. The van der Waals surface area contributed by atoms with E-state index in [1.807, 2.05) is 31.1 Å². The summed E-state index contributed by atoms with van der Waals surface area (Å²) in [4.78, 5) is 16.1. The van der Waals surface area contributed by atoms with Gasteiger partial charge < -0.3 is 14.2 Å². The Hall–Kier alpha value is -1.88. The van der Waals surface area contributed by atoms with Gasteiger partial charge in [-0.15, -0.1) is 11.8 Å². The fraction of sp³-hybridized carbons (Fsp3) is 0.312. The van der Waals surface area contributed by atoms with E-state index in [1.165, 1.54) is 0 Å². The fourth-order valence-electron chi connectivity index (χ4n) is 2.41. The number of hydrogen-bond acceptors (Lipinski definition) is 4. The van der Waals surface area contributed by atoms with Crippen molar-refractivity contribution in [1.29, 1.82) is 0 Å². The zero-order valence-electron chi connectivity index (χ0n) is 12.2. The Bertz CT molecular complexity index is 608. The minimum absolute atomic E-state index is 0.0683. The number of carbonyl (C=O) groups excluding carboxylic acids is 1. The van der Waals surface area contributed by atoms with Crippen LogP contribution in [-0.4, -0.2) is 30.7 Å². The average Bonchev–Trinajstić information content (AvgIpc) is 3.11. The number of nitrogens with zero attached hydrogens (tertiary/aromatic N) is 2. The first-order valence-electron chi connectivity index (χ1n) is 6.86. The molecule has 1 amide bonds. The molecule has 3 rings (SSSR count). The summed E-state index contributed by atoms with van der Waals surface area (Å²) in [7, 11) is 4.04. The van der Waals surface area contributed by atoms with Crippen molar-refractivity contribution < 1.29 is 9.21 Å². The second-order valence-electron chi connectivity index (χ2n) is 5.25. The molecule has 0 radical (unpaired) electrons. The van der Waals surface area contributed by atoms with Crippen molar-refractivity contribution in [2.75, 3.05) is 24.7 Å². The SMILES string of the molecule is CN(C)c1ccc(C2SCC(=O)N2Cc2ccco2)cc1. The Labute approximate surface area is 128 Å². The molecule has 1 aromatic heterocycles. The van der Waals surface area contributed by atoms with Gasteiger partial charge in [0.1, 0.15) is 11.1 Å². The van der Waals surface area contributed by atoms with Crippen LogP contribution >= 0.6 is 11.8 Å². The highest BCUT2D eigenvalue weighted by Gasteiger charge is 2.33. The van der Waals surface area contributed by atoms with Crippen molar-refractivity contribution in [3.8, 4) is 0 Å². The van der Waals surface area contributed by atoms with Crippen LogP contribution in [0.15, 0.2) is 47.1 Å². The molecule has 2 heterocycles. The van der Waals surface area contributed by atoms with Crippen LogP contribution in [0.3, 0.4) is 0 Å². The molecule has 1 aromatic carbocycles. The van der Waals surface area contributed by atoms with Crippen LogP contribution in [0.4, 0.5) is 5.69 Å². The lowest BCUT2D eigenvalue weighted by atomic mass is 10.1. The first kappa shape index (κ1) is 14.1. The number of rotatable bonds is 4. The van der Waals surface area contributed by atoms with Crippen molar-refractivity contribution in [3.63, 3.8) is 0 Å². The molecule has 1 fully saturated rings. The van der Waals surface area contributed by atoms with E-state index in [-0.39, 0.29) is 11.3 Å². The van der Waals surface area contributed by atoms with Crippen LogP contribution in [-0.2, 0) is 11.3 Å². The van der Waals surface area contributed by atoms with E-state index < -0.39 is 0 Å². The summed E-state index contributed by atoms with van der Waals surface area (Å²) in [6.07, 6.45) is 1.64. The van der Waals surface area contributed by atoms with Gasteiger partial charge in [-0.25, -0.2) is 0 Å². The maximum atomic E-state index is 12.1. The number of benzene rings is 1. The molecule has 1 aliphatic heterocycles. The van der Waals surface area contributed by atoms with Crippen LogP contribution in [0.1, 0.15) is 16.7 Å². The lowest BCUT2D eigenvalue weighted by Crippen LogP contribution is -2.27. The minimum atomic E-state index is 0.0683. The molecule has 1 saturated heterocycles. The van der Waals surface area contributed by atoms with Crippen LogP contribution in [0.5, 0.6) is 0 Å². The third-order valence-corrected chi connectivity index (χ3v) is 4.83. The maximum absolute atomic E-state index is 12.1. The highest BCUT2D eigenvalue weighted by molar-refractivity contribution is 8.00. The molecule has 21 heavy (non-hydrogen) atoms. The largest absolute Gasteiger partial charge is 0.467 e. The standard InChI is InChI=1S/C16H18N2O2S/c1-17(2)13-7-5-12(6-8-13)16-18(15(19)11-21-16)10-14-4-3-9-20-14/h3-9,16H,10-11H2,1-2H3. The zero-order valence-corrected chi connectivity index (χ0v) is 13.0. The van der Waals surface area contributed by atoms with Gasteiger partial charge in [0.05, 0.1) is 18.6 Å². The second-order valence-corrected chi connectivity index (χ2v) is 6.32. The predicted molar refractivity (Wildman–Crippen MR) is 85.2 cm³/mol. The first-order valence-corrected chi connectivity index (χ1v) is 7.91. The van der Waals surface area contributed by atoms with Gasteiger partial charge in [-0.2, -0.15) is 0 Å². The number of amides is 1. The molecule has 2 aromatic rings. The van der Waals surface area contributed by atoms with Crippen LogP contribution in [0.25, 0.3) is 0 Å². The van der Waals surface area contributed by atoms with Gasteiger partial charge >= 0.3 is 0 Å². The normalized spacial score (nSPS) is 18.3. The lowest BCUT2D eigenvalue weighted by Gasteiger charge is -2.24. The van der Waals surface area contributed by atoms with E-state index in [0.29, 0.717) is 12.3 Å². The zero-order chi connectivity index (χ0) is 14.8. The quantitative estimate of drug-likeness (QED) is 0.869. The Morgan fingerprint density at radius 3 is 2.67 bits per heavy atom. The molecule has 1 atom stereocenters. The number of furan rings is 1. The average molecular weight is 302 g/mol. The van der Waals surface area contributed by atoms with Gasteiger partial charge in [0, 0.05) is 19.8 Å². The Kier molecular flexibility index (Phi) is 3.92. The number of thioether (sulfide) groups is 1. The third-order valence-electron chi connectivity index (χ3n) is 3.57. The number of carbonyl (C=O) groups is 1. The third kappa shape index (κ3) is 2.93. The van der Waals surface area contributed by atoms with E-state index in [9.17, 15) is 4.79 Å². The summed E-state index contributed by atoms with van der Waals surface area (Å²) in [5, 5.41) is 0.0683. The molecule has 0 N–H and O–H groups in total. The molecule has 0 spiro atoms. The Morgan fingerprint density at radius 2 is 2.05 bits per heavy atom. The van der Waals surface area contributed by atoms with E-state index in [1.54, 1.807) is 18.0 Å². The van der Waals surface area contributed by atoms with E-state index in [2.05, 4.69) is 29.2 Å². The molecule has 5 heteroatoms. The number of hydrogen-bond donors (Lipinski definition) is 0. The molecule has 110 valence electrons. The van der Waals surface area contributed by atoms with Crippen molar-refractivity contribution in [1.82, 2.24) is 4.90 Å². The van der Waals surface area contributed by atoms with Gasteiger partial charge in [0.25, 0.3) is 0 Å². The van der Waals surface area contributed by atoms with E-state index >= 15 is 0 Å². The van der Waals surface area contributed by atoms with Gasteiger partial charge in [-0.1, -0.05) is 12.1 Å². The summed E-state index contributed by atoms with van der Waals surface area (Å²) in [6.45, 7) is 0.527. The Morgan fingerprint density at radius 1 is 1.29 bits per heavy atom. The monoisotopic (exact) mass is 302 g/mol. The summed E-state index contributed by atoms with van der Waals surface area (Å²) < 4.78 is 5.37. The van der Waals surface area contributed by atoms with Gasteiger partial charge in [-0.05, 0) is 29.8 Å². The smallest absolute Gasteiger partial charge is 0.234 e. The van der Waals surface area contributed by atoms with Gasteiger partial charge in [0.15, 0.2) is 0 Å². The predicted octanol–water partition coefficient (Wildman–Crippen LogP) is 3.12. The molecule has 1 aliphatic rings. The highest BCUT2D eigenvalue weighted by atomic mass is 32.2. The molecule has 1 unspecified atom stereocenters. The minimum Gasteiger partial charge on any atom is -0.467 e. The summed E-state index contributed by atoms with van der Waals surface area (Å²) in [5.41, 5.74) is 2.31. The first-order chi connectivity index (χ1) is 10.1. The van der Waals surface area contributed by atoms with Gasteiger partial charge in [-0.3, -0.25) is 4.79 Å². The summed E-state index contributed by atoms with van der Waals surface area (Å²) in [5.74, 6) is 1.51. The lowest BCUT2D eigenvalue weighted by molar-refractivity contribution is -0.128.